The molecule has 0 spiro atoms. The number of rotatable bonds is 6. The molecule has 2 heterocycles. The molecule has 30 heavy (non-hydrogen) atoms. The Morgan fingerprint density at radius 3 is 2.03 bits per heavy atom. The first-order chi connectivity index (χ1) is 14.2. The summed E-state index contributed by atoms with van der Waals surface area (Å²) in [7, 11) is 13.9. The van der Waals surface area contributed by atoms with Crippen molar-refractivity contribution < 1.29 is 38.0 Å². The second kappa shape index (κ2) is 11.0. The van der Waals surface area contributed by atoms with Crippen LogP contribution in [0.1, 0.15) is 25.7 Å². The fraction of sp³-hybridized carbons (Fsp3) is 0.812. The van der Waals surface area contributed by atoms with Crippen LogP contribution in [0.25, 0.3) is 0 Å². The summed E-state index contributed by atoms with van der Waals surface area (Å²) < 4.78 is 21.3. The molecule has 1 N–H and O–H groups in total. The Hall–Kier alpha value is 0.340. The van der Waals surface area contributed by atoms with Gasteiger partial charge in [-0.25, -0.2) is 0 Å². The number of carbonyl (C=O) groups excluding carboxylic acids is 3. The first-order valence-electron chi connectivity index (χ1n) is 9.61. The van der Waals surface area contributed by atoms with E-state index in [0.29, 0.717) is 25.7 Å². The van der Waals surface area contributed by atoms with Crippen molar-refractivity contribution in [3.8, 4) is 0 Å². The molecule has 0 aromatic carbocycles. The van der Waals surface area contributed by atoms with Gasteiger partial charge in [0.15, 0.2) is 15.1 Å². The fourth-order valence-corrected chi connectivity index (χ4v) is 6.88. The molecule has 8 nitrogen and oxygen atoms in total. The van der Waals surface area contributed by atoms with Crippen LogP contribution < -0.4 is 0 Å². The SMILES string of the molecule is [B]P(P)O[C@@H]1CC2OC(=O)C[C@@H]2[C@H]1C=O.[B]P(P)O[C@@H]1CC2OC(=O)C[C@@H]2[C@H]1CO. The van der Waals surface area contributed by atoms with Gasteiger partial charge in [-0.3, -0.25) is 9.59 Å². The Kier molecular flexibility index (Phi) is 9.13. The van der Waals surface area contributed by atoms with Gasteiger partial charge in [0.2, 0.25) is 0 Å². The first-order valence-corrected chi connectivity index (χ1v) is 15.5. The maximum atomic E-state index is 11.1. The number of aliphatic hydroxyl groups is 1. The molecule has 2 saturated heterocycles. The lowest BCUT2D eigenvalue weighted by Gasteiger charge is -2.22. The van der Waals surface area contributed by atoms with E-state index in [2.05, 4.69) is 17.9 Å². The summed E-state index contributed by atoms with van der Waals surface area (Å²) in [4.78, 5) is 33.1. The van der Waals surface area contributed by atoms with Gasteiger partial charge in [-0.05, 0) is 15.4 Å². The number of ether oxygens (including phenoxy) is 2. The Balaban J connectivity index is 0.000000171. The lowest BCUT2D eigenvalue weighted by atomic mass is 9.93. The van der Waals surface area contributed by atoms with Crippen molar-refractivity contribution in [1.82, 2.24) is 0 Å². The van der Waals surface area contributed by atoms with Gasteiger partial charge in [0.25, 0.3) is 0 Å². The molecule has 14 heteroatoms. The standard InChI is InChI=1S/C8H13BO4P2.C8H11BO4P2/c2*9-15(14)13-7-2-6-4(5(7)3-10)1-8(11)12-6/h4-7,10H,1-3,14H2;3-7H,1-2,14H2/t2*4-,5-,6?,7-,15?/m11/s1. The molecule has 0 amide bonds. The van der Waals surface area contributed by atoms with Crippen LogP contribution in [0.2, 0.25) is 0 Å². The average Bonchev–Trinajstić information content (AvgIpc) is 3.33. The lowest BCUT2D eigenvalue weighted by molar-refractivity contribution is -0.142. The summed E-state index contributed by atoms with van der Waals surface area (Å²) in [5.41, 5.74) is 0. The Labute approximate surface area is 185 Å². The van der Waals surface area contributed by atoms with Gasteiger partial charge in [0.1, 0.15) is 18.5 Å². The van der Waals surface area contributed by atoms with E-state index in [1.807, 2.05) is 0 Å². The van der Waals surface area contributed by atoms with Gasteiger partial charge in [-0.2, -0.15) is 0 Å². The summed E-state index contributed by atoms with van der Waals surface area (Å²) in [6.45, 7) is 0.0241. The maximum absolute atomic E-state index is 11.1. The highest BCUT2D eigenvalue weighted by atomic mass is 32.0. The van der Waals surface area contributed by atoms with Crippen LogP contribution in [0.5, 0.6) is 0 Å². The number of aliphatic hydroxyl groups excluding tert-OH is 1. The molecule has 0 aromatic rings. The number of aldehydes is 1. The molecule has 12 atom stereocenters. The highest BCUT2D eigenvalue weighted by Crippen LogP contribution is 2.50. The predicted molar refractivity (Wildman–Crippen MR) is 120 cm³/mol. The van der Waals surface area contributed by atoms with Crippen LogP contribution in [0.15, 0.2) is 0 Å². The number of esters is 2. The molecule has 2 aliphatic carbocycles. The van der Waals surface area contributed by atoms with Crippen molar-refractivity contribution in [3.63, 3.8) is 0 Å². The lowest BCUT2D eigenvalue weighted by Crippen LogP contribution is -2.24. The van der Waals surface area contributed by atoms with E-state index in [4.69, 9.17) is 33.7 Å². The van der Waals surface area contributed by atoms with Crippen molar-refractivity contribution in [2.24, 2.45) is 23.7 Å². The molecule has 6 unspecified atom stereocenters. The van der Waals surface area contributed by atoms with Crippen molar-refractivity contribution in [1.29, 1.82) is 0 Å². The minimum atomic E-state index is -1.06. The van der Waals surface area contributed by atoms with E-state index in [-0.39, 0.29) is 66.6 Å². The molecule has 4 rings (SSSR count). The van der Waals surface area contributed by atoms with E-state index in [1.165, 1.54) is 0 Å². The van der Waals surface area contributed by atoms with Gasteiger partial charge in [-0.15, -0.1) is 0 Å². The fourth-order valence-electron chi connectivity index (χ4n) is 4.84. The highest BCUT2D eigenvalue weighted by molar-refractivity contribution is 8.23. The molecule has 2 aliphatic heterocycles. The van der Waals surface area contributed by atoms with Gasteiger partial charge in [-0.1, -0.05) is 17.9 Å². The van der Waals surface area contributed by atoms with Crippen LogP contribution >= 0.6 is 33.3 Å². The van der Waals surface area contributed by atoms with E-state index < -0.39 is 15.4 Å². The second-order valence-corrected chi connectivity index (χ2v) is 12.7. The maximum Gasteiger partial charge on any atom is 0.306 e. The minimum Gasteiger partial charge on any atom is -0.462 e. The Morgan fingerprint density at radius 2 is 1.50 bits per heavy atom. The molecule has 162 valence electrons. The van der Waals surface area contributed by atoms with Crippen molar-refractivity contribution in [2.75, 3.05) is 6.61 Å². The van der Waals surface area contributed by atoms with E-state index in [0.717, 1.165) is 6.29 Å². The molecule has 4 radical (unpaired) electrons. The second-order valence-electron chi connectivity index (χ2n) is 7.83. The largest absolute Gasteiger partial charge is 0.462 e. The van der Waals surface area contributed by atoms with E-state index in [1.54, 1.807) is 0 Å². The van der Waals surface area contributed by atoms with Crippen LogP contribution in [-0.2, 0) is 32.9 Å². The average molecular weight is 490 g/mol. The molecule has 0 aromatic heterocycles. The van der Waals surface area contributed by atoms with Gasteiger partial charge in [0, 0.05) is 43.1 Å². The summed E-state index contributed by atoms with van der Waals surface area (Å²) in [5.74, 6) is -0.558. The zero-order valence-electron chi connectivity index (χ0n) is 16.2. The number of hydrogen-bond donors (Lipinski definition) is 1. The first kappa shape index (κ1) is 25.0. The molecule has 4 fully saturated rings. The van der Waals surface area contributed by atoms with Crippen molar-refractivity contribution in [3.05, 3.63) is 0 Å². The van der Waals surface area contributed by atoms with Crippen molar-refractivity contribution >= 4 is 66.6 Å². The van der Waals surface area contributed by atoms with Crippen LogP contribution in [0.3, 0.4) is 0 Å². The number of carbonyl (C=O) groups is 3. The smallest absolute Gasteiger partial charge is 0.306 e. The molecule has 2 saturated carbocycles. The topological polar surface area (TPSA) is 108 Å². The summed E-state index contributed by atoms with van der Waals surface area (Å²) >= 11 is 0. The van der Waals surface area contributed by atoms with Crippen molar-refractivity contribution in [2.45, 2.75) is 50.1 Å². The predicted octanol–water partition coefficient (Wildman–Crippen LogP) is 1.38. The third kappa shape index (κ3) is 5.82. The molecular formula is C16H24B2O8P4. The van der Waals surface area contributed by atoms with Crippen LogP contribution in [-0.4, -0.2) is 69.5 Å². The Bertz CT molecular complexity index is 657. The number of fused-ring (bicyclic) bond motifs is 2. The zero-order chi connectivity index (χ0) is 22.0. The number of hydrogen-bond acceptors (Lipinski definition) is 8. The third-order valence-electron chi connectivity index (χ3n) is 6.09. The van der Waals surface area contributed by atoms with Gasteiger partial charge in [0.05, 0.1) is 25.0 Å². The Morgan fingerprint density at radius 1 is 1.00 bits per heavy atom. The molecule has 0 bridgehead atoms. The monoisotopic (exact) mass is 490 g/mol. The van der Waals surface area contributed by atoms with Crippen LogP contribution in [0.4, 0.5) is 0 Å². The molecule has 4 aliphatic rings. The zero-order valence-corrected chi connectivity index (χ0v) is 20.3. The molecular weight excluding hydrogens is 466 g/mol. The van der Waals surface area contributed by atoms with Gasteiger partial charge < -0.3 is 28.4 Å². The summed E-state index contributed by atoms with van der Waals surface area (Å²) in [6, 6.07) is 0. The van der Waals surface area contributed by atoms with Gasteiger partial charge >= 0.3 is 11.9 Å². The normalized spacial score (nSPS) is 41.2. The summed E-state index contributed by atoms with van der Waals surface area (Å²) in [6.07, 6.45) is 2.32. The quantitative estimate of drug-likeness (QED) is 0.258. The van der Waals surface area contributed by atoms with E-state index in [9.17, 15) is 19.5 Å². The van der Waals surface area contributed by atoms with E-state index >= 15 is 0 Å². The highest BCUT2D eigenvalue weighted by Gasteiger charge is 2.51. The third-order valence-corrected chi connectivity index (χ3v) is 7.85. The summed E-state index contributed by atoms with van der Waals surface area (Å²) in [5, 5.41) is 9.30. The minimum absolute atomic E-state index is 0.0139. The van der Waals surface area contributed by atoms with Crippen LogP contribution in [0, 0.1) is 23.7 Å².